The zero-order valence-corrected chi connectivity index (χ0v) is 9.34. The second-order valence-electron chi connectivity index (χ2n) is 3.44. The van der Waals surface area contributed by atoms with Crippen LogP contribution < -0.4 is 4.74 Å². The summed E-state index contributed by atoms with van der Waals surface area (Å²) in [5.74, 6) is 1.86. The first kappa shape index (κ1) is 10.7. The molecule has 0 aliphatic heterocycles. The summed E-state index contributed by atoms with van der Waals surface area (Å²) in [6.07, 6.45) is 2.53. The minimum atomic E-state index is 0.628. The monoisotopic (exact) mass is 217 g/mol. The van der Waals surface area contributed by atoms with Gasteiger partial charge in [-0.15, -0.1) is 10.2 Å². The molecule has 4 heteroatoms. The van der Waals surface area contributed by atoms with Gasteiger partial charge in [0.15, 0.2) is 0 Å². The van der Waals surface area contributed by atoms with Crippen LogP contribution in [-0.2, 0) is 13.0 Å². The number of ether oxygens (including phenoxy) is 1. The molecule has 0 aliphatic rings. The molecule has 16 heavy (non-hydrogen) atoms. The summed E-state index contributed by atoms with van der Waals surface area (Å²) in [5, 5.41) is 7.93. The largest absolute Gasteiger partial charge is 0.493 e. The van der Waals surface area contributed by atoms with Gasteiger partial charge in [0.1, 0.15) is 17.9 Å². The zero-order valence-electron chi connectivity index (χ0n) is 9.34. The molecule has 0 spiro atoms. The van der Waals surface area contributed by atoms with Gasteiger partial charge in [-0.2, -0.15) is 0 Å². The number of hydrogen-bond donors (Lipinski definition) is 0. The molecule has 1 aromatic carbocycles. The number of aromatic nitrogens is 3. The Hall–Kier alpha value is -1.84. The Kier molecular flexibility index (Phi) is 3.53. The lowest BCUT2D eigenvalue weighted by Crippen LogP contribution is -2.07. The van der Waals surface area contributed by atoms with Crippen LogP contribution in [0.1, 0.15) is 12.7 Å². The van der Waals surface area contributed by atoms with E-state index in [1.165, 1.54) is 0 Å². The van der Waals surface area contributed by atoms with Crippen molar-refractivity contribution < 1.29 is 4.74 Å². The first-order chi connectivity index (χ1) is 7.90. The predicted molar refractivity (Wildman–Crippen MR) is 61.3 cm³/mol. The summed E-state index contributed by atoms with van der Waals surface area (Å²) in [6, 6.07) is 9.80. The van der Waals surface area contributed by atoms with Crippen molar-refractivity contribution in [3.63, 3.8) is 0 Å². The lowest BCUT2D eigenvalue weighted by molar-refractivity contribution is 0.316. The molecule has 2 rings (SSSR count). The molecule has 0 aliphatic carbocycles. The molecule has 0 saturated heterocycles. The molecule has 0 N–H and O–H groups in total. The third-order valence-corrected chi connectivity index (χ3v) is 2.37. The van der Waals surface area contributed by atoms with Crippen LogP contribution in [0.4, 0.5) is 0 Å². The maximum atomic E-state index is 5.60. The van der Waals surface area contributed by atoms with Crippen molar-refractivity contribution in [2.45, 2.75) is 19.9 Å². The fraction of sp³-hybridized carbons (Fsp3) is 0.333. The van der Waals surface area contributed by atoms with Crippen LogP contribution in [0.2, 0.25) is 0 Å². The van der Waals surface area contributed by atoms with E-state index in [0.29, 0.717) is 6.61 Å². The van der Waals surface area contributed by atoms with Crippen LogP contribution in [0.3, 0.4) is 0 Å². The van der Waals surface area contributed by atoms with Gasteiger partial charge in [0.25, 0.3) is 0 Å². The Labute approximate surface area is 94.9 Å². The number of para-hydroxylation sites is 1. The van der Waals surface area contributed by atoms with Gasteiger partial charge in [0, 0.05) is 13.0 Å². The van der Waals surface area contributed by atoms with Gasteiger partial charge in [0.05, 0.1) is 6.61 Å². The number of benzene rings is 1. The normalized spacial score (nSPS) is 10.3. The van der Waals surface area contributed by atoms with Crippen molar-refractivity contribution in [3.8, 4) is 5.75 Å². The maximum Gasteiger partial charge on any atom is 0.136 e. The molecular formula is C12H15N3O. The molecule has 0 atom stereocenters. The van der Waals surface area contributed by atoms with E-state index in [2.05, 4.69) is 17.1 Å². The average Bonchev–Trinajstić information content (AvgIpc) is 2.78. The highest BCUT2D eigenvalue weighted by molar-refractivity contribution is 5.20. The van der Waals surface area contributed by atoms with Crippen LogP contribution in [-0.4, -0.2) is 21.4 Å². The van der Waals surface area contributed by atoms with E-state index in [1.54, 1.807) is 6.33 Å². The summed E-state index contributed by atoms with van der Waals surface area (Å²) in [5.41, 5.74) is 0. The molecule has 2 aromatic rings. The number of hydrogen-bond acceptors (Lipinski definition) is 3. The van der Waals surface area contributed by atoms with Crippen molar-refractivity contribution in [1.29, 1.82) is 0 Å². The quantitative estimate of drug-likeness (QED) is 0.768. The highest BCUT2D eigenvalue weighted by Gasteiger charge is 2.02. The van der Waals surface area contributed by atoms with Crippen LogP contribution in [0, 0.1) is 0 Å². The second kappa shape index (κ2) is 5.30. The second-order valence-corrected chi connectivity index (χ2v) is 3.44. The Morgan fingerprint density at radius 1 is 1.25 bits per heavy atom. The molecule has 0 fully saturated rings. The molecule has 0 radical (unpaired) electrons. The minimum absolute atomic E-state index is 0.628. The Bertz CT molecular complexity index is 425. The zero-order chi connectivity index (χ0) is 11.2. The molecule has 84 valence electrons. The van der Waals surface area contributed by atoms with Crippen molar-refractivity contribution in [1.82, 2.24) is 14.8 Å². The summed E-state index contributed by atoms with van der Waals surface area (Å²) < 4.78 is 7.62. The smallest absolute Gasteiger partial charge is 0.136 e. The van der Waals surface area contributed by atoms with Gasteiger partial charge in [-0.25, -0.2) is 0 Å². The van der Waals surface area contributed by atoms with Gasteiger partial charge in [-0.1, -0.05) is 18.2 Å². The fourth-order valence-corrected chi connectivity index (χ4v) is 1.51. The molecule has 0 unspecified atom stereocenters. The van der Waals surface area contributed by atoms with Gasteiger partial charge in [-0.05, 0) is 19.1 Å². The van der Waals surface area contributed by atoms with Gasteiger partial charge in [0.2, 0.25) is 0 Å². The van der Waals surface area contributed by atoms with Crippen LogP contribution in [0.15, 0.2) is 36.7 Å². The topological polar surface area (TPSA) is 39.9 Å². The summed E-state index contributed by atoms with van der Waals surface area (Å²) in [6.45, 7) is 3.60. The predicted octanol–water partition coefficient (Wildman–Crippen LogP) is 1.92. The van der Waals surface area contributed by atoms with Gasteiger partial charge >= 0.3 is 0 Å². The molecule has 1 aromatic heterocycles. The number of nitrogens with zero attached hydrogens (tertiary/aromatic N) is 3. The first-order valence-electron chi connectivity index (χ1n) is 5.44. The molecule has 4 nitrogen and oxygen atoms in total. The highest BCUT2D eigenvalue weighted by atomic mass is 16.5. The van der Waals surface area contributed by atoms with E-state index in [-0.39, 0.29) is 0 Å². The van der Waals surface area contributed by atoms with E-state index in [9.17, 15) is 0 Å². The van der Waals surface area contributed by atoms with Crippen molar-refractivity contribution in [2.24, 2.45) is 0 Å². The molecule has 0 saturated carbocycles. The lowest BCUT2D eigenvalue weighted by atomic mass is 10.3. The Morgan fingerprint density at radius 2 is 2.06 bits per heavy atom. The number of aryl methyl sites for hydroxylation is 1. The van der Waals surface area contributed by atoms with Gasteiger partial charge < -0.3 is 9.30 Å². The van der Waals surface area contributed by atoms with Crippen LogP contribution in [0.25, 0.3) is 0 Å². The van der Waals surface area contributed by atoms with Crippen molar-refractivity contribution in [2.75, 3.05) is 6.61 Å². The van der Waals surface area contributed by atoms with E-state index < -0.39 is 0 Å². The van der Waals surface area contributed by atoms with E-state index in [0.717, 1.165) is 24.5 Å². The molecule has 1 heterocycles. The molecule has 0 amide bonds. The van der Waals surface area contributed by atoms with E-state index in [4.69, 9.17) is 4.74 Å². The van der Waals surface area contributed by atoms with Crippen LogP contribution in [0.5, 0.6) is 5.75 Å². The van der Waals surface area contributed by atoms with Crippen LogP contribution >= 0.6 is 0 Å². The Morgan fingerprint density at radius 3 is 2.81 bits per heavy atom. The SMILES string of the molecule is CCn1cnnc1CCOc1ccccc1. The maximum absolute atomic E-state index is 5.60. The molecule has 0 bridgehead atoms. The summed E-state index contributed by atoms with van der Waals surface area (Å²) >= 11 is 0. The third kappa shape index (κ3) is 2.59. The Balaban J connectivity index is 1.85. The van der Waals surface area contributed by atoms with E-state index >= 15 is 0 Å². The fourth-order valence-electron chi connectivity index (χ4n) is 1.51. The molecular weight excluding hydrogens is 202 g/mol. The standard InChI is InChI=1S/C12H15N3O/c1-2-15-10-13-14-12(15)8-9-16-11-6-4-3-5-7-11/h3-7,10H,2,8-9H2,1H3. The minimum Gasteiger partial charge on any atom is -0.493 e. The lowest BCUT2D eigenvalue weighted by Gasteiger charge is -2.06. The number of rotatable bonds is 5. The average molecular weight is 217 g/mol. The van der Waals surface area contributed by atoms with Gasteiger partial charge in [-0.3, -0.25) is 0 Å². The summed E-state index contributed by atoms with van der Waals surface area (Å²) in [7, 11) is 0. The van der Waals surface area contributed by atoms with Crippen molar-refractivity contribution >= 4 is 0 Å². The van der Waals surface area contributed by atoms with Crippen molar-refractivity contribution in [3.05, 3.63) is 42.5 Å². The highest BCUT2D eigenvalue weighted by Crippen LogP contribution is 2.08. The van der Waals surface area contributed by atoms with E-state index in [1.807, 2.05) is 34.9 Å². The first-order valence-corrected chi connectivity index (χ1v) is 5.44. The third-order valence-electron chi connectivity index (χ3n) is 2.37. The summed E-state index contributed by atoms with van der Waals surface area (Å²) in [4.78, 5) is 0.